The third-order valence-electron chi connectivity index (χ3n) is 5.67. The molecule has 1 aliphatic heterocycles. The Kier molecular flexibility index (Phi) is 7.36. The monoisotopic (exact) mass is 494 g/mol. The van der Waals surface area contributed by atoms with Crippen LogP contribution in [0.15, 0.2) is 59.6 Å². The number of amides is 1. The van der Waals surface area contributed by atoms with Gasteiger partial charge in [-0.05, 0) is 36.2 Å². The van der Waals surface area contributed by atoms with Gasteiger partial charge in [0.2, 0.25) is 0 Å². The van der Waals surface area contributed by atoms with Gasteiger partial charge in [-0.2, -0.15) is 0 Å². The van der Waals surface area contributed by atoms with Crippen LogP contribution < -0.4 is 19.1 Å². The number of benzene rings is 2. The number of nitrogens with zero attached hydrogens (tertiary/aromatic N) is 2. The molecule has 2 aromatic carbocycles. The van der Waals surface area contributed by atoms with Crippen molar-refractivity contribution in [1.82, 2.24) is 4.98 Å². The number of carbonyl (C=O) groups is 2. The summed E-state index contributed by atoms with van der Waals surface area (Å²) < 4.78 is 16.6. The highest BCUT2D eigenvalue weighted by atomic mass is 32.1. The molecule has 2 heterocycles. The summed E-state index contributed by atoms with van der Waals surface area (Å²) in [5.74, 6) is -0.332. The van der Waals surface area contributed by atoms with Crippen LogP contribution in [0.1, 0.15) is 36.9 Å². The quantitative estimate of drug-likeness (QED) is 0.194. The zero-order valence-corrected chi connectivity index (χ0v) is 20.5. The van der Waals surface area contributed by atoms with Crippen LogP contribution in [0.2, 0.25) is 0 Å². The molecule has 35 heavy (non-hydrogen) atoms. The van der Waals surface area contributed by atoms with Crippen LogP contribution >= 0.6 is 11.3 Å². The maximum atomic E-state index is 13.2. The third-order valence-corrected chi connectivity index (χ3v) is 6.44. The van der Waals surface area contributed by atoms with Crippen LogP contribution in [0.5, 0.6) is 17.2 Å². The molecule has 0 aliphatic carbocycles. The molecule has 1 N–H and O–H groups in total. The van der Waals surface area contributed by atoms with E-state index in [0.29, 0.717) is 40.1 Å². The number of hydrogen-bond donors (Lipinski definition) is 1. The van der Waals surface area contributed by atoms with Crippen molar-refractivity contribution in [3.8, 4) is 17.2 Å². The summed E-state index contributed by atoms with van der Waals surface area (Å²) in [7, 11) is 3.04. The molecule has 0 radical (unpaired) electrons. The van der Waals surface area contributed by atoms with Crippen molar-refractivity contribution in [1.29, 1.82) is 0 Å². The molecule has 8 nitrogen and oxygen atoms in total. The Balaban J connectivity index is 1.86. The zero-order valence-electron chi connectivity index (χ0n) is 19.7. The SMILES string of the molecule is CCCCOc1ccc(C2C(=C(O)c3cccc(OC)c3)C(=O)C(=O)N2c2nccs2)cc1OC. The van der Waals surface area contributed by atoms with E-state index in [1.54, 1.807) is 54.0 Å². The number of aromatic nitrogens is 1. The van der Waals surface area contributed by atoms with E-state index in [1.807, 2.05) is 0 Å². The molecular formula is C26H26N2O6S. The smallest absolute Gasteiger partial charge is 0.301 e. The average Bonchev–Trinajstić information content (AvgIpc) is 3.50. The first-order chi connectivity index (χ1) is 17.0. The van der Waals surface area contributed by atoms with Crippen molar-refractivity contribution in [2.24, 2.45) is 0 Å². The van der Waals surface area contributed by atoms with Crippen LogP contribution in [0, 0.1) is 0 Å². The lowest BCUT2D eigenvalue weighted by Crippen LogP contribution is -2.29. The Bertz CT molecular complexity index is 1250. The summed E-state index contributed by atoms with van der Waals surface area (Å²) in [6.07, 6.45) is 3.45. The minimum Gasteiger partial charge on any atom is -0.507 e. The molecule has 0 spiro atoms. The summed E-state index contributed by atoms with van der Waals surface area (Å²) >= 11 is 1.23. The van der Waals surface area contributed by atoms with Crippen LogP contribution in [0.25, 0.3) is 5.76 Å². The van der Waals surface area contributed by atoms with E-state index < -0.39 is 17.7 Å². The number of rotatable bonds is 9. The van der Waals surface area contributed by atoms with Gasteiger partial charge in [-0.1, -0.05) is 31.5 Å². The fraction of sp³-hybridized carbons (Fsp3) is 0.269. The Morgan fingerprint density at radius 2 is 1.94 bits per heavy atom. The Morgan fingerprint density at radius 3 is 2.63 bits per heavy atom. The molecule has 9 heteroatoms. The molecule has 0 bridgehead atoms. The first kappa shape index (κ1) is 24.3. The summed E-state index contributed by atoms with van der Waals surface area (Å²) in [5, 5.41) is 13.3. The normalized spacial score (nSPS) is 17.0. The Morgan fingerprint density at radius 1 is 1.11 bits per heavy atom. The lowest BCUT2D eigenvalue weighted by atomic mass is 9.95. The number of aliphatic hydroxyl groups excluding tert-OH is 1. The van der Waals surface area contributed by atoms with Gasteiger partial charge in [0.25, 0.3) is 5.78 Å². The third kappa shape index (κ3) is 4.72. The van der Waals surface area contributed by atoms with Gasteiger partial charge >= 0.3 is 5.91 Å². The van der Waals surface area contributed by atoms with Crippen LogP contribution in [-0.2, 0) is 9.59 Å². The Labute approximate surface area is 207 Å². The standard InChI is InChI=1S/C26H26N2O6S/c1-4-5-12-34-19-10-9-16(15-20(19)33-3)22-21(23(29)17-7-6-8-18(14-17)32-2)24(30)25(31)28(22)26-27-11-13-35-26/h6-11,13-15,22,29H,4-5,12H2,1-3H3. The minimum absolute atomic E-state index is 0.0415. The number of methoxy groups -OCH3 is 2. The van der Waals surface area contributed by atoms with Crippen LogP contribution in [-0.4, -0.2) is 42.6 Å². The molecule has 4 rings (SSSR count). The largest absolute Gasteiger partial charge is 0.507 e. The first-order valence-corrected chi connectivity index (χ1v) is 12.0. The van der Waals surface area contributed by atoms with Gasteiger partial charge in [0.05, 0.1) is 32.4 Å². The van der Waals surface area contributed by atoms with Crippen molar-refractivity contribution in [3.63, 3.8) is 0 Å². The van der Waals surface area contributed by atoms with Crippen LogP contribution in [0.3, 0.4) is 0 Å². The first-order valence-electron chi connectivity index (χ1n) is 11.2. The summed E-state index contributed by atoms with van der Waals surface area (Å²) in [4.78, 5) is 32.0. The van der Waals surface area contributed by atoms with E-state index in [-0.39, 0.29) is 11.3 Å². The lowest BCUT2D eigenvalue weighted by Gasteiger charge is -2.24. The number of hydrogen-bond acceptors (Lipinski definition) is 8. The molecule has 1 unspecified atom stereocenters. The molecular weight excluding hydrogens is 468 g/mol. The molecule has 0 saturated carbocycles. The van der Waals surface area contributed by atoms with Gasteiger partial charge < -0.3 is 19.3 Å². The lowest BCUT2D eigenvalue weighted by molar-refractivity contribution is -0.132. The molecule has 1 aromatic heterocycles. The van der Waals surface area contributed by atoms with Crippen molar-refractivity contribution in [3.05, 3.63) is 70.7 Å². The topological polar surface area (TPSA) is 98.2 Å². The number of ketones is 1. The van der Waals surface area contributed by atoms with Gasteiger partial charge in [0.1, 0.15) is 11.5 Å². The van der Waals surface area contributed by atoms with E-state index in [4.69, 9.17) is 14.2 Å². The maximum Gasteiger partial charge on any atom is 0.301 e. The number of Topliss-reactive ketones (excluding diaryl/α,β-unsaturated/α-hetero) is 1. The Hall–Kier alpha value is -3.85. The molecule has 1 aliphatic rings. The van der Waals surface area contributed by atoms with E-state index in [1.165, 1.54) is 30.5 Å². The second-order valence-electron chi connectivity index (χ2n) is 7.83. The van der Waals surface area contributed by atoms with Crippen molar-refractivity contribution in [2.75, 3.05) is 25.7 Å². The summed E-state index contributed by atoms with van der Waals surface area (Å²) in [5.41, 5.74) is 0.890. The molecule has 1 fully saturated rings. The van der Waals surface area contributed by atoms with Gasteiger partial charge in [0.15, 0.2) is 16.6 Å². The van der Waals surface area contributed by atoms with E-state index in [9.17, 15) is 14.7 Å². The number of thiazole rings is 1. The maximum absolute atomic E-state index is 13.2. The van der Waals surface area contributed by atoms with Crippen molar-refractivity contribution < 1.29 is 28.9 Å². The van der Waals surface area contributed by atoms with Crippen molar-refractivity contribution in [2.45, 2.75) is 25.8 Å². The number of aliphatic hydroxyl groups is 1. The van der Waals surface area contributed by atoms with Gasteiger partial charge in [-0.15, -0.1) is 11.3 Å². The number of carbonyl (C=O) groups excluding carboxylic acids is 2. The summed E-state index contributed by atoms with van der Waals surface area (Å²) in [6, 6.07) is 11.0. The predicted octanol–water partition coefficient (Wildman–Crippen LogP) is 4.97. The fourth-order valence-corrected chi connectivity index (χ4v) is 4.57. The van der Waals surface area contributed by atoms with E-state index >= 15 is 0 Å². The number of ether oxygens (including phenoxy) is 3. The fourth-order valence-electron chi connectivity index (χ4n) is 3.91. The van der Waals surface area contributed by atoms with Gasteiger partial charge in [-0.25, -0.2) is 4.98 Å². The molecule has 1 saturated heterocycles. The highest BCUT2D eigenvalue weighted by Crippen LogP contribution is 2.44. The van der Waals surface area contributed by atoms with Gasteiger partial charge in [0, 0.05) is 17.1 Å². The summed E-state index contributed by atoms with van der Waals surface area (Å²) in [6.45, 7) is 2.62. The molecule has 1 amide bonds. The zero-order chi connectivity index (χ0) is 24.9. The van der Waals surface area contributed by atoms with E-state index in [0.717, 1.165) is 12.8 Å². The van der Waals surface area contributed by atoms with E-state index in [2.05, 4.69) is 11.9 Å². The molecule has 3 aromatic rings. The molecule has 1 atom stereocenters. The second kappa shape index (κ2) is 10.6. The highest BCUT2D eigenvalue weighted by molar-refractivity contribution is 7.14. The predicted molar refractivity (Wildman–Crippen MR) is 133 cm³/mol. The average molecular weight is 495 g/mol. The highest BCUT2D eigenvalue weighted by Gasteiger charge is 2.48. The second-order valence-corrected chi connectivity index (χ2v) is 8.70. The van der Waals surface area contributed by atoms with Crippen LogP contribution in [0.4, 0.5) is 5.13 Å². The molecule has 182 valence electrons. The number of anilines is 1. The number of unbranched alkanes of at least 4 members (excludes halogenated alkanes) is 1. The minimum atomic E-state index is -0.911. The van der Waals surface area contributed by atoms with Gasteiger partial charge in [-0.3, -0.25) is 14.5 Å². The van der Waals surface area contributed by atoms with Crippen molar-refractivity contribution >= 4 is 33.9 Å².